The molecule has 4 rings (SSSR count). The van der Waals surface area contributed by atoms with Crippen molar-refractivity contribution in [3.8, 4) is 0 Å². The van der Waals surface area contributed by atoms with Crippen LogP contribution in [0, 0.1) is 5.92 Å². The fourth-order valence-electron chi connectivity index (χ4n) is 4.78. The molecule has 0 spiro atoms. The normalized spacial score (nSPS) is 33.2. The van der Waals surface area contributed by atoms with Crippen LogP contribution < -0.4 is 16.1 Å². The van der Waals surface area contributed by atoms with E-state index >= 15 is 0 Å². The molecule has 4 N–H and O–H groups in total. The Labute approximate surface area is 178 Å². The molecule has 0 aromatic carbocycles. The van der Waals surface area contributed by atoms with E-state index < -0.39 is 23.4 Å². The van der Waals surface area contributed by atoms with Crippen LogP contribution in [0.5, 0.6) is 0 Å². The maximum atomic E-state index is 12.5. The molecule has 4 aliphatic heterocycles. The molecule has 4 fully saturated rings. The summed E-state index contributed by atoms with van der Waals surface area (Å²) in [4.78, 5) is 34.2. The van der Waals surface area contributed by atoms with E-state index in [1.54, 1.807) is 0 Å². The third-order valence-electron chi connectivity index (χ3n) is 6.27. The summed E-state index contributed by atoms with van der Waals surface area (Å²) in [5.74, 6) is 0.192. The van der Waals surface area contributed by atoms with Gasteiger partial charge in [-0.2, -0.15) is 9.27 Å². The van der Waals surface area contributed by atoms with E-state index in [0.717, 1.165) is 50.8 Å². The van der Waals surface area contributed by atoms with Gasteiger partial charge in [0.05, 0.1) is 12.6 Å². The molecule has 0 aromatic rings. The Morgan fingerprint density at radius 1 is 1.30 bits per heavy atom. The van der Waals surface area contributed by atoms with Gasteiger partial charge in [0.2, 0.25) is 0 Å². The highest BCUT2D eigenvalue weighted by molar-refractivity contribution is 7.74. The number of piperidine rings is 1. The van der Waals surface area contributed by atoms with Crippen LogP contribution >= 0.6 is 0 Å². The van der Waals surface area contributed by atoms with Crippen molar-refractivity contribution in [2.75, 3.05) is 52.4 Å². The summed E-state index contributed by atoms with van der Waals surface area (Å²) in [6, 6.07) is -1.39. The van der Waals surface area contributed by atoms with Crippen molar-refractivity contribution in [1.82, 2.24) is 31.0 Å². The van der Waals surface area contributed by atoms with Crippen LogP contribution in [0.15, 0.2) is 0 Å². The summed E-state index contributed by atoms with van der Waals surface area (Å²) >= 11 is -2.58. The second-order valence-electron chi connectivity index (χ2n) is 8.33. The van der Waals surface area contributed by atoms with Crippen LogP contribution in [0.1, 0.15) is 19.3 Å². The molecule has 0 aromatic heterocycles. The number of hydrogen-bond acceptors (Lipinski definition) is 8. The molecular formula is C17H30N6O6S. The number of nitrogens with one attached hydrogen (secondary N) is 3. The number of carbonyl (C=O) groups excluding carboxylic acids is 2. The second kappa shape index (κ2) is 9.85. The average Bonchev–Trinajstić information content (AvgIpc) is 3.27. The third kappa shape index (κ3) is 5.10. The molecule has 3 amide bonds. The first-order valence-electron chi connectivity index (χ1n) is 10.5. The van der Waals surface area contributed by atoms with Gasteiger partial charge in [-0.15, -0.1) is 4.28 Å². The molecule has 2 bridgehead atoms. The SMILES string of the molecule is O=C(NOC[C@H]1C[C@@H](CN2CCNCC2)CN1)C1CCC2CN1C(=O)N2OS(=O)O. The molecule has 3 unspecified atom stereocenters. The minimum Gasteiger partial charge on any atom is -0.314 e. The molecule has 4 aliphatic rings. The summed E-state index contributed by atoms with van der Waals surface area (Å²) in [6.07, 6.45) is 1.95. The lowest BCUT2D eigenvalue weighted by molar-refractivity contribution is -0.139. The summed E-state index contributed by atoms with van der Waals surface area (Å²) in [7, 11) is 0. The maximum absolute atomic E-state index is 12.5. The van der Waals surface area contributed by atoms with E-state index in [1.165, 1.54) is 4.90 Å². The van der Waals surface area contributed by atoms with E-state index in [0.29, 0.717) is 25.4 Å². The highest BCUT2D eigenvalue weighted by Crippen LogP contribution is 2.30. The molecule has 0 radical (unpaired) electrons. The smallest absolute Gasteiger partial charge is 0.314 e. The van der Waals surface area contributed by atoms with Gasteiger partial charge < -0.3 is 20.4 Å². The van der Waals surface area contributed by atoms with Crippen molar-refractivity contribution >= 4 is 23.3 Å². The van der Waals surface area contributed by atoms with Crippen LogP contribution in [0.3, 0.4) is 0 Å². The molecule has 13 heteroatoms. The molecule has 0 aliphatic carbocycles. The lowest BCUT2D eigenvalue weighted by atomic mass is 10.0. The fraction of sp³-hybridized carbons (Fsp3) is 0.882. The zero-order chi connectivity index (χ0) is 21.1. The van der Waals surface area contributed by atoms with Gasteiger partial charge in [-0.3, -0.25) is 14.2 Å². The van der Waals surface area contributed by atoms with Gasteiger partial charge in [-0.1, -0.05) is 0 Å². The number of urea groups is 1. The van der Waals surface area contributed by atoms with Crippen LogP contribution in [0.2, 0.25) is 0 Å². The number of amides is 3. The maximum Gasteiger partial charge on any atom is 0.346 e. The van der Waals surface area contributed by atoms with Crippen molar-refractivity contribution in [2.45, 2.75) is 37.4 Å². The van der Waals surface area contributed by atoms with Crippen LogP contribution in [-0.2, 0) is 25.3 Å². The second-order valence-corrected chi connectivity index (χ2v) is 8.92. The van der Waals surface area contributed by atoms with Crippen molar-refractivity contribution in [3.05, 3.63) is 0 Å². The first kappa shape index (κ1) is 21.9. The quantitative estimate of drug-likeness (QED) is 0.253. The molecular weight excluding hydrogens is 416 g/mol. The molecule has 0 saturated carbocycles. The Balaban J connectivity index is 1.17. The Morgan fingerprint density at radius 3 is 2.87 bits per heavy atom. The highest BCUT2D eigenvalue weighted by Gasteiger charge is 2.48. The highest BCUT2D eigenvalue weighted by atomic mass is 32.2. The number of hydrogen-bond donors (Lipinski definition) is 4. The topological polar surface area (TPSA) is 136 Å². The number of nitrogens with zero attached hydrogens (tertiary/aromatic N) is 3. The zero-order valence-electron chi connectivity index (χ0n) is 16.8. The van der Waals surface area contributed by atoms with E-state index in [9.17, 15) is 13.8 Å². The van der Waals surface area contributed by atoms with Crippen LogP contribution in [0.25, 0.3) is 0 Å². The van der Waals surface area contributed by atoms with E-state index in [1.807, 2.05) is 0 Å². The first-order valence-corrected chi connectivity index (χ1v) is 11.5. The molecule has 12 nitrogen and oxygen atoms in total. The number of fused-ring (bicyclic) bond motifs is 2. The van der Waals surface area contributed by atoms with Gasteiger partial charge in [0, 0.05) is 45.3 Å². The predicted octanol–water partition coefficient (Wildman–Crippen LogP) is -1.75. The molecule has 30 heavy (non-hydrogen) atoms. The average molecular weight is 447 g/mol. The van der Waals surface area contributed by atoms with Crippen molar-refractivity contribution < 1.29 is 27.5 Å². The number of hydroxylamine groups is 3. The Bertz CT molecular complexity index is 665. The third-order valence-corrected chi connectivity index (χ3v) is 6.55. The van der Waals surface area contributed by atoms with Crippen molar-refractivity contribution in [2.24, 2.45) is 5.92 Å². The number of carbonyl (C=O) groups is 2. The zero-order valence-corrected chi connectivity index (χ0v) is 17.6. The Kier molecular flexibility index (Phi) is 7.18. The van der Waals surface area contributed by atoms with E-state index in [2.05, 4.69) is 25.3 Å². The van der Waals surface area contributed by atoms with Gasteiger partial charge in [0.25, 0.3) is 5.91 Å². The van der Waals surface area contributed by atoms with Gasteiger partial charge >= 0.3 is 17.4 Å². The minimum atomic E-state index is -2.58. The van der Waals surface area contributed by atoms with Gasteiger partial charge in [-0.05, 0) is 31.7 Å². The van der Waals surface area contributed by atoms with Crippen LogP contribution in [-0.4, -0.2) is 106 Å². The lowest BCUT2D eigenvalue weighted by Gasteiger charge is -2.29. The van der Waals surface area contributed by atoms with Gasteiger partial charge in [0.15, 0.2) is 0 Å². The summed E-state index contributed by atoms with van der Waals surface area (Å²) in [6.45, 7) is 6.93. The van der Waals surface area contributed by atoms with Gasteiger partial charge in [-0.25, -0.2) is 10.3 Å². The lowest BCUT2D eigenvalue weighted by Crippen LogP contribution is -2.50. The molecule has 4 heterocycles. The predicted molar refractivity (Wildman–Crippen MR) is 106 cm³/mol. The molecule has 5 atom stereocenters. The van der Waals surface area contributed by atoms with Gasteiger partial charge in [0.1, 0.15) is 6.04 Å². The van der Waals surface area contributed by atoms with E-state index in [-0.39, 0.29) is 24.5 Å². The summed E-state index contributed by atoms with van der Waals surface area (Å²) < 4.78 is 24.4. The molecule has 170 valence electrons. The monoisotopic (exact) mass is 446 g/mol. The fourth-order valence-corrected chi connectivity index (χ4v) is 5.10. The minimum absolute atomic E-state index is 0.186. The van der Waals surface area contributed by atoms with Crippen molar-refractivity contribution in [1.29, 1.82) is 0 Å². The standard InChI is InChI=1S/C17H30N6O6S/c24-16(15-2-1-14-10-22(15)17(25)23(14)29-30(26)27)20-28-11-13-7-12(8-19-13)9-21-5-3-18-4-6-21/h12-15,18-19H,1-11H2,(H,20,24)(H,26,27)/t12-,13-,14?,15?/m1/s1. The summed E-state index contributed by atoms with van der Waals surface area (Å²) in [5, 5.41) is 7.70. The Morgan fingerprint density at radius 2 is 2.10 bits per heavy atom. The number of rotatable bonds is 8. The summed E-state index contributed by atoms with van der Waals surface area (Å²) in [5.41, 5.74) is 2.47. The van der Waals surface area contributed by atoms with E-state index in [4.69, 9.17) is 9.39 Å². The largest absolute Gasteiger partial charge is 0.346 e. The number of piperazine rings is 1. The molecule has 4 saturated heterocycles. The first-order chi connectivity index (χ1) is 14.5. The van der Waals surface area contributed by atoms with Crippen LogP contribution in [0.4, 0.5) is 4.79 Å². The van der Waals surface area contributed by atoms with Crippen molar-refractivity contribution in [3.63, 3.8) is 0 Å². The Hall–Kier alpha value is -1.35.